The van der Waals surface area contributed by atoms with Gasteiger partial charge in [0, 0.05) is 31.1 Å². The van der Waals surface area contributed by atoms with E-state index in [0.717, 1.165) is 41.1 Å². The minimum absolute atomic E-state index is 0.0334. The van der Waals surface area contributed by atoms with Gasteiger partial charge in [-0.25, -0.2) is 10.5 Å². The van der Waals surface area contributed by atoms with Crippen LogP contribution >= 0.6 is 11.8 Å². The fraction of sp³-hybridized carbons (Fsp3) is 0.367. The van der Waals surface area contributed by atoms with Gasteiger partial charge in [-0.15, -0.1) is 11.8 Å². The van der Waals surface area contributed by atoms with Crippen molar-refractivity contribution < 1.29 is 24.3 Å². The van der Waals surface area contributed by atoms with Gasteiger partial charge >= 0.3 is 0 Å². The summed E-state index contributed by atoms with van der Waals surface area (Å²) in [6, 6.07) is 23.9. The van der Waals surface area contributed by atoms with Gasteiger partial charge in [0.25, 0.3) is 0 Å². The van der Waals surface area contributed by atoms with Crippen molar-refractivity contribution in [3.63, 3.8) is 0 Å². The van der Waals surface area contributed by atoms with E-state index in [1.54, 1.807) is 23.4 Å². The number of ether oxygens (including phenoxy) is 2. The van der Waals surface area contributed by atoms with Gasteiger partial charge in [0.15, 0.2) is 6.29 Å². The number of aromatic nitrogens is 1. The molecule has 0 radical (unpaired) electrons. The van der Waals surface area contributed by atoms with E-state index < -0.39 is 6.29 Å². The first kappa shape index (κ1) is 28.8. The number of hydroxylamine groups is 1. The van der Waals surface area contributed by atoms with Crippen molar-refractivity contribution in [3.05, 3.63) is 90.1 Å². The Kier molecular flexibility index (Phi) is 11.3. The van der Waals surface area contributed by atoms with Crippen molar-refractivity contribution in [2.75, 3.05) is 11.1 Å². The second-order valence-electron chi connectivity index (χ2n) is 9.42. The Morgan fingerprint density at radius 1 is 0.821 bits per heavy atom. The summed E-state index contributed by atoms with van der Waals surface area (Å²) in [6.45, 7) is 0. The van der Waals surface area contributed by atoms with Gasteiger partial charge in [0.05, 0.1) is 23.0 Å². The molecule has 4 rings (SSSR count). The lowest BCUT2D eigenvalue weighted by atomic mass is 9.97. The summed E-state index contributed by atoms with van der Waals surface area (Å²) in [5.74, 6) is 0.213. The third-order valence-corrected chi connectivity index (χ3v) is 7.46. The summed E-state index contributed by atoms with van der Waals surface area (Å²) in [5, 5.41) is 12.4. The van der Waals surface area contributed by atoms with Gasteiger partial charge in [-0.2, -0.15) is 0 Å². The van der Waals surface area contributed by atoms with Crippen LogP contribution in [0, 0.1) is 0 Å². The van der Waals surface area contributed by atoms with Gasteiger partial charge in [0.1, 0.15) is 0 Å². The molecule has 3 aromatic rings. The molecule has 8 nitrogen and oxygen atoms in total. The molecule has 206 valence electrons. The topological polar surface area (TPSA) is 110 Å². The maximum Gasteiger partial charge on any atom is 0.243 e. The van der Waals surface area contributed by atoms with E-state index in [9.17, 15) is 9.59 Å². The van der Waals surface area contributed by atoms with E-state index in [-0.39, 0.29) is 24.0 Å². The number of anilines is 1. The molecule has 39 heavy (non-hydrogen) atoms. The van der Waals surface area contributed by atoms with E-state index in [1.165, 1.54) is 0 Å². The van der Waals surface area contributed by atoms with E-state index >= 15 is 0 Å². The minimum Gasteiger partial charge on any atom is -0.344 e. The van der Waals surface area contributed by atoms with Crippen LogP contribution in [0.5, 0.6) is 0 Å². The number of benzene rings is 2. The Labute approximate surface area is 233 Å². The molecule has 9 heteroatoms. The lowest BCUT2D eigenvalue weighted by Crippen LogP contribution is -2.31. The Bertz CT molecular complexity index is 1160. The van der Waals surface area contributed by atoms with Gasteiger partial charge < -0.3 is 14.8 Å². The summed E-state index contributed by atoms with van der Waals surface area (Å²) in [7, 11) is 0. The van der Waals surface area contributed by atoms with Crippen LogP contribution < -0.4 is 10.8 Å². The SMILES string of the molecule is O=C(CCCCCCC(=O)Nc1ccc(C2C[C@H](c3ccccc3)OC(CSc3ccccn3)O2)cc1)NO. The average Bonchev–Trinajstić information content (AvgIpc) is 2.99. The molecule has 1 aromatic heterocycles. The van der Waals surface area contributed by atoms with Crippen LogP contribution in [0.2, 0.25) is 0 Å². The van der Waals surface area contributed by atoms with Crippen LogP contribution in [-0.4, -0.2) is 34.0 Å². The van der Waals surface area contributed by atoms with Gasteiger partial charge in [0.2, 0.25) is 11.8 Å². The summed E-state index contributed by atoms with van der Waals surface area (Å²) in [4.78, 5) is 27.8. The molecule has 2 aromatic carbocycles. The number of unbranched alkanes of at least 4 members (excludes halogenated alkanes) is 3. The molecule has 0 saturated carbocycles. The molecule has 2 unspecified atom stereocenters. The molecule has 1 fully saturated rings. The Morgan fingerprint density at radius 3 is 2.10 bits per heavy atom. The third kappa shape index (κ3) is 9.47. The molecule has 0 aliphatic carbocycles. The number of nitrogens with zero attached hydrogens (tertiary/aromatic N) is 1. The predicted molar refractivity (Wildman–Crippen MR) is 150 cm³/mol. The van der Waals surface area contributed by atoms with Crippen molar-refractivity contribution in [2.45, 2.75) is 68.5 Å². The molecular weight excluding hydrogens is 514 g/mol. The average molecular weight is 550 g/mol. The molecular formula is C30H35N3O5S. The molecule has 1 saturated heterocycles. The molecule has 1 aliphatic heterocycles. The smallest absolute Gasteiger partial charge is 0.243 e. The fourth-order valence-electron chi connectivity index (χ4n) is 4.45. The maximum atomic E-state index is 12.4. The first-order valence-electron chi connectivity index (χ1n) is 13.3. The second kappa shape index (κ2) is 15.4. The molecule has 3 atom stereocenters. The Morgan fingerprint density at radius 2 is 1.46 bits per heavy atom. The number of amides is 2. The fourth-order valence-corrected chi connectivity index (χ4v) is 5.22. The van der Waals surface area contributed by atoms with Crippen LogP contribution in [0.4, 0.5) is 5.69 Å². The summed E-state index contributed by atoms with van der Waals surface area (Å²) in [6.07, 6.45) is 5.71. The third-order valence-electron chi connectivity index (χ3n) is 6.49. The largest absolute Gasteiger partial charge is 0.344 e. The highest BCUT2D eigenvalue weighted by Gasteiger charge is 2.32. The molecule has 2 heterocycles. The highest BCUT2D eigenvalue weighted by atomic mass is 32.2. The summed E-state index contributed by atoms with van der Waals surface area (Å²) >= 11 is 1.61. The number of pyridine rings is 1. The summed E-state index contributed by atoms with van der Waals surface area (Å²) in [5.41, 5.74) is 4.54. The Balaban J connectivity index is 1.30. The Hall–Kier alpha value is -3.24. The number of hydrogen-bond acceptors (Lipinski definition) is 7. The maximum absolute atomic E-state index is 12.4. The zero-order valence-corrected chi connectivity index (χ0v) is 22.6. The van der Waals surface area contributed by atoms with Crippen molar-refractivity contribution in [3.8, 4) is 0 Å². The highest BCUT2D eigenvalue weighted by molar-refractivity contribution is 7.99. The first-order chi connectivity index (χ1) is 19.1. The number of rotatable bonds is 13. The van der Waals surface area contributed by atoms with Crippen molar-refractivity contribution in [1.82, 2.24) is 10.5 Å². The van der Waals surface area contributed by atoms with E-state index in [4.69, 9.17) is 14.7 Å². The van der Waals surface area contributed by atoms with E-state index in [0.29, 0.717) is 31.4 Å². The van der Waals surface area contributed by atoms with Crippen LogP contribution in [0.3, 0.4) is 0 Å². The van der Waals surface area contributed by atoms with Gasteiger partial charge in [-0.05, 0) is 48.2 Å². The number of hydrogen-bond donors (Lipinski definition) is 3. The van der Waals surface area contributed by atoms with Crippen LogP contribution in [0.1, 0.15) is 68.3 Å². The van der Waals surface area contributed by atoms with Crippen LogP contribution in [-0.2, 0) is 19.1 Å². The van der Waals surface area contributed by atoms with E-state index in [2.05, 4.69) is 22.4 Å². The quantitative estimate of drug-likeness (QED) is 0.101. The van der Waals surface area contributed by atoms with Crippen molar-refractivity contribution in [1.29, 1.82) is 0 Å². The molecule has 0 bridgehead atoms. The number of thioether (sulfide) groups is 1. The van der Waals surface area contributed by atoms with Gasteiger partial charge in [-0.3, -0.25) is 14.8 Å². The monoisotopic (exact) mass is 549 g/mol. The minimum atomic E-state index is -0.390. The normalized spacial score (nSPS) is 18.8. The van der Waals surface area contributed by atoms with Gasteiger partial charge in [-0.1, -0.05) is 61.4 Å². The lowest BCUT2D eigenvalue weighted by Gasteiger charge is -2.36. The van der Waals surface area contributed by atoms with Crippen LogP contribution in [0.15, 0.2) is 84.0 Å². The number of carbonyl (C=O) groups is 2. The molecule has 0 spiro atoms. The lowest BCUT2D eigenvalue weighted by molar-refractivity contribution is -0.236. The van der Waals surface area contributed by atoms with Crippen LogP contribution in [0.25, 0.3) is 0 Å². The molecule has 1 aliphatic rings. The predicted octanol–water partition coefficient (Wildman–Crippen LogP) is 6.20. The zero-order chi connectivity index (χ0) is 27.3. The van der Waals surface area contributed by atoms with Crippen molar-refractivity contribution >= 4 is 29.3 Å². The van der Waals surface area contributed by atoms with Crippen molar-refractivity contribution in [2.24, 2.45) is 0 Å². The first-order valence-corrected chi connectivity index (χ1v) is 14.3. The highest BCUT2D eigenvalue weighted by Crippen LogP contribution is 2.39. The molecule has 2 amide bonds. The number of carbonyl (C=O) groups excluding carboxylic acids is 2. The van der Waals surface area contributed by atoms with E-state index in [1.807, 2.05) is 60.7 Å². The standard InChI is InChI=1S/C30H35N3O5S/c34-27(12-6-1-2-7-13-28(35)33-36)32-24-17-15-23(16-18-24)26-20-25(22-10-4-3-5-11-22)37-30(38-26)21-39-29-14-8-9-19-31-29/h3-5,8-11,14-19,25-26,30,36H,1-2,6-7,12-13,20-21H2,(H,32,34)(H,33,35)/t25-,26?,30?/m1/s1. The number of nitrogens with one attached hydrogen (secondary N) is 2. The molecule has 3 N–H and O–H groups in total. The second-order valence-corrected chi connectivity index (χ2v) is 10.5. The zero-order valence-electron chi connectivity index (χ0n) is 21.8. The summed E-state index contributed by atoms with van der Waals surface area (Å²) < 4.78 is 12.7.